The molecule has 0 saturated heterocycles. The fourth-order valence-corrected chi connectivity index (χ4v) is 5.11. The second kappa shape index (κ2) is 10.8. The fraction of sp³-hybridized carbons (Fsp3) is 0.231. The lowest BCUT2D eigenvalue weighted by atomic mass is 10.0. The maximum absolute atomic E-state index is 12.9. The van der Waals surface area contributed by atoms with E-state index in [1.54, 1.807) is 12.1 Å². The van der Waals surface area contributed by atoms with Gasteiger partial charge in [-0.25, -0.2) is 18.1 Å². The molecule has 0 atom stereocenters. The van der Waals surface area contributed by atoms with Gasteiger partial charge >= 0.3 is 0 Å². The quantitative estimate of drug-likeness (QED) is 0.303. The molecule has 2 N–H and O–H groups in total. The lowest BCUT2D eigenvalue weighted by Crippen LogP contribution is -2.28. The highest BCUT2D eigenvalue weighted by Gasteiger charge is 2.16. The first-order chi connectivity index (χ1) is 17.6. The van der Waals surface area contributed by atoms with Crippen LogP contribution in [0.2, 0.25) is 5.02 Å². The molecule has 9 nitrogen and oxygen atoms in total. The topological polar surface area (TPSA) is 120 Å². The van der Waals surface area contributed by atoms with E-state index in [0.717, 1.165) is 11.1 Å². The first-order valence-electron chi connectivity index (χ1n) is 11.3. The number of rotatable bonds is 9. The van der Waals surface area contributed by atoms with Crippen LogP contribution in [0.25, 0.3) is 22.3 Å². The van der Waals surface area contributed by atoms with Crippen molar-refractivity contribution in [1.82, 2.24) is 14.7 Å². The van der Waals surface area contributed by atoms with Crippen LogP contribution in [0.15, 0.2) is 58.2 Å². The van der Waals surface area contributed by atoms with E-state index in [1.807, 2.05) is 26.0 Å². The van der Waals surface area contributed by atoms with Crippen molar-refractivity contribution < 1.29 is 22.6 Å². The van der Waals surface area contributed by atoms with E-state index >= 15 is 0 Å². The summed E-state index contributed by atoms with van der Waals surface area (Å²) < 4.78 is 43.9. The SMILES string of the molecule is COc1cc(OC)c2c(=O)[nH]c(-c3cc(C)c(OCCNS(=O)(=O)c4ccc(Cl)cc4)c(C)c3)nc2c1. The summed E-state index contributed by atoms with van der Waals surface area (Å²) in [4.78, 5) is 20.4. The predicted molar refractivity (Wildman–Crippen MR) is 143 cm³/mol. The number of nitrogens with zero attached hydrogens (tertiary/aromatic N) is 1. The van der Waals surface area contributed by atoms with Gasteiger partial charge in [0.05, 0.1) is 24.6 Å². The Labute approximate surface area is 219 Å². The highest BCUT2D eigenvalue weighted by atomic mass is 35.5. The van der Waals surface area contributed by atoms with Crippen molar-refractivity contribution in [2.75, 3.05) is 27.4 Å². The van der Waals surface area contributed by atoms with Gasteiger partial charge in [0.25, 0.3) is 5.56 Å². The molecule has 0 unspecified atom stereocenters. The molecule has 0 bridgehead atoms. The molecule has 3 aromatic carbocycles. The number of methoxy groups -OCH3 is 2. The maximum Gasteiger partial charge on any atom is 0.262 e. The van der Waals surface area contributed by atoms with E-state index in [2.05, 4.69) is 14.7 Å². The predicted octanol–water partition coefficient (Wildman–Crippen LogP) is 4.23. The second-order valence-electron chi connectivity index (χ2n) is 8.28. The van der Waals surface area contributed by atoms with Gasteiger partial charge in [0.15, 0.2) is 0 Å². The van der Waals surface area contributed by atoms with Gasteiger partial charge < -0.3 is 19.2 Å². The number of hydrogen-bond acceptors (Lipinski definition) is 7. The Hall–Kier alpha value is -3.60. The first-order valence-corrected chi connectivity index (χ1v) is 13.1. The van der Waals surface area contributed by atoms with Crippen molar-refractivity contribution in [2.24, 2.45) is 0 Å². The molecule has 0 amide bonds. The zero-order chi connectivity index (χ0) is 26.7. The number of nitrogens with one attached hydrogen (secondary N) is 2. The molecule has 0 radical (unpaired) electrons. The average Bonchev–Trinajstić information content (AvgIpc) is 2.86. The van der Waals surface area contributed by atoms with Crippen molar-refractivity contribution >= 4 is 32.5 Å². The maximum atomic E-state index is 12.9. The number of aromatic nitrogens is 2. The van der Waals surface area contributed by atoms with Crippen LogP contribution >= 0.6 is 11.6 Å². The molecule has 37 heavy (non-hydrogen) atoms. The van der Waals surface area contributed by atoms with Crippen LogP contribution in [-0.4, -0.2) is 45.8 Å². The van der Waals surface area contributed by atoms with Gasteiger partial charge in [-0.05, 0) is 61.4 Å². The Morgan fingerprint density at radius 1 is 1.00 bits per heavy atom. The Morgan fingerprint density at radius 3 is 2.30 bits per heavy atom. The third-order valence-electron chi connectivity index (χ3n) is 5.70. The summed E-state index contributed by atoms with van der Waals surface area (Å²) in [7, 11) is -0.663. The summed E-state index contributed by atoms with van der Waals surface area (Å²) in [6, 6.07) is 12.9. The third-order valence-corrected chi connectivity index (χ3v) is 7.43. The minimum Gasteiger partial charge on any atom is -0.497 e. The van der Waals surface area contributed by atoms with Crippen molar-refractivity contribution in [3.05, 3.63) is 75.0 Å². The number of sulfonamides is 1. The average molecular weight is 544 g/mol. The number of aryl methyl sites for hydroxylation is 2. The van der Waals surface area contributed by atoms with E-state index < -0.39 is 10.0 Å². The van der Waals surface area contributed by atoms with Gasteiger partial charge in [0.1, 0.15) is 35.1 Å². The number of halogens is 1. The van der Waals surface area contributed by atoms with E-state index in [-0.39, 0.29) is 23.6 Å². The lowest BCUT2D eigenvalue weighted by Gasteiger charge is -2.15. The molecule has 194 valence electrons. The summed E-state index contributed by atoms with van der Waals surface area (Å²) in [6.07, 6.45) is 0. The van der Waals surface area contributed by atoms with Crippen LogP contribution in [0.5, 0.6) is 17.2 Å². The fourth-order valence-electron chi connectivity index (χ4n) is 3.97. The minimum atomic E-state index is -3.68. The molecule has 4 aromatic rings. The Kier molecular flexibility index (Phi) is 7.72. The minimum absolute atomic E-state index is 0.0782. The Bertz CT molecular complexity index is 1600. The molecular formula is C26H26ClN3O6S. The first kappa shape index (κ1) is 26.5. The van der Waals surface area contributed by atoms with Gasteiger partial charge in [-0.15, -0.1) is 0 Å². The van der Waals surface area contributed by atoms with Crippen molar-refractivity contribution in [2.45, 2.75) is 18.7 Å². The summed E-state index contributed by atoms with van der Waals surface area (Å²) in [5.74, 6) is 1.91. The lowest BCUT2D eigenvalue weighted by molar-refractivity contribution is 0.318. The van der Waals surface area contributed by atoms with Crippen LogP contribution in [0.3, 0.4) is 0 Å². The highest BCUT2D eigenvalue weighted by Crippen LogP contribution is 2.31. The molecule has 0 fully saturated rings. The molecule has 0 spiro atoms. The number of aromatic amines is 1. The standard InChI is InChI=1S/C26H26ClN3O6S/c1-15-11-17(25-29-21-13-19(34-3)14-22(35-4)23(21)26(31)30-25)12-16(2)24(15)36-10-9-28-37(32,33)20-7-5-18(27)6-8-20/h5-8,11-14,28H,9-10H2,1-4H3,(H,29,30,31). The molecule has 0 aliphatic heterocycles. The Balaban J connectivity index is 1.53. The van der Waals surface area contributed by atoms with Crippen LogP contribution in [0.1, 0.15) is 11.1 Å². The van der Waals surface area contributed by atoms with Gasteiger partial charge in [-0.1, -0.05) is 11.6 Å². The molecule has 0 aliphatic carbocycles. The largest absolute Gasteiger partial charge is 0.497 e. The molecule has 0 saturated carbocycles. The summed E-state index contributed by atoms with van der Waals surface area (Å²) in [6.45, 7) is 3.94. The summed E-state index contributed by atoms with van der Waals surface area (Å²) in [5, 5.41) is 0.792. The third kappa shape index (κ3) is 5.71. The molecule has 4 rings (SSSR count). The molecule has 11 heteroatoms. The van der Waals surface area contributed by atoms with Gasteiger partial charge in [-0.2, -0.15) is 0 Å². The molecule has 1 heterocycles. The van der Waals surface area contributed by atoms with E-state index in [4.69, 9.17) is 25.8 Å². The zero-order valence-corrected chi connectivity index (χ0v) is 22.3. The molecular weight excluding hydrogens is 518 g/mol. The smallest absolute Gasteiger partial charge is 0.262 e. The van der Waals surface area contributed by atoms with Crippen LogP contribution < -0.4 is 24.5 Å². The number of ether oxygens (including phenoxy) is 3. The molecule has 0 aliphatic rings. The van der Waals surface area contributed by atoms with E-state index in [9.17, 15) is 13.2 Å². The summed E-state index contributed by atoms with van der Waals surface area (Å²) in [5.41, 5.74) is 2.43. The van der Waals surface area contributed by atoms with E-state index in [1.165, 1.54) is 38.5 Å². The van der Waals surface area contributed by atoms with Crippen molar-refractivity contribution in [3.8, 4) is 28.6 Å². The zero-order valence-electron chi connectivity index (χ0n) is 20.7. The number of H-pyrrole nitrogens is 1. The van der Waals surface area contributed by atoms with Crippen LogP contribution in [-0.2, 0) is 10.0 Å². The van der Waals surface area contributed by atoms with Crippen LogP contribution in [0, 0.1) is 13.8 Å². The highest BCUT2D eigenvalue weighted by molar-refractivity contribution is 7.89. The Morgan fingerprint density at radius 2 is 1.68 bits per heavy atom. The van der Waals surface area contributed by atoms with E-state index in [0.29, 0.717) is 44.6 Å². The normalized spacial score (nSPS) is 11.5. The van der Waals surface area contributed by atoms with Gasteiger partial charge in [-0.3, -0.25) is 4.79 Å². The summed E-state index contributed by atoms with van der Waals surface area (Å²) >= 11 is 5.83. The number of fused-ring (bicyclic) bond motifs is 1. The van der Waals surface area contributed by atoms with Gasteiger partial charge in [0.2, 0.25) is 10.0 Å². The van der Waals surface area contributed by atoms with Gasteiger partial charge in [0, 0.05) is 29.3 Å². The molecule has 1 aromatic heterocycles. The van der Waals surface area contributed by atoms with Crippen molar-refractivity contribution in [1.29, 1.82) is 0 Å². The van der Waals surface area contributed by atoms with Crippen LogP contribution in [0.4, 0.5) is 0 Å². The monoisotopic (exact) mass is 543 g/mol. The van der Waals surface area contributed by atoms with Crippen molar-refractivity contribution in [3.63, 3.8) is 0 Å². The number of hydrogen-bond donors (Lipinski definition) is 2. The second-order valence-corrected chi connectivity index (χ2v) is 10.5. The number of benzene rings is 3.